The number of nitrogens with zero attached hydrogens (tertiary/aromatic N) is 1. The van der Waals surface area contributed by atoms with Gasteiger partial charge in [-0.15, -0.1) is 0 Å². The van der Waals surface area contributed by atoms with Crippen LogP contribution < -0.4 is 0 Å². The van der Waals surface area contributed by atoms with Crippen molar-refractivity contribution in [2.75, 3.05) is 5.75 Å². The molecule has 0 radical (unpaired) electrons. The fraction of sp³-hybridized carbons (Fsp3) is 0.909. The molecular formula is C22H41NO3SSi. The number of hydrogen-bond acceptors (Lipinski definition) is 3. The van der Waals surface area contributed by atoms with E-state index in [9.17, 15) is 8.42 Å². The molecule has 3 atom stereocenters. The van der Waals surface area contributed by atoms with Crippen LogP contribution >= 0.6 is 0 Å². The van der Waals surface area contributed by atoms with Crippen LogP contribution in [0.3, 0.4) is 0 Å². The fourth-order valence-corrected chi connectivity index (χ4v) is 9.14. The van der Waals surface area contributed by atoms with Crippen molar-refractivity contribution in [3.8, 4) is 0 Å². The van der Waals surface area contributed by atoms with Crippen LogP contribution in [0.5, 0.6) is 0 Å². The summed E-state index contributed by atoms with van der Waals surface area (Å²) in [7, 11) is -5.51. The minimum atomic E-state index is -3.36. The van der Waals surface area contributed by atoms with Crippen LogP contribution in [0.2, 0.25) is 18.1 Å². The Balaban J connectivity index is 2.04. The van der Waals surface area contributed by atoms with Crippen molar-refractivity contribution in [1.82, 2.24) is 4.31 Å². The molecule has 0 amide bonds. The summed E-state index contributed by atoms with van der Waals surface area (Å²) in [6, 6.07) is 0.0643. The highest BCUT2D eigenvalue weighted by Gasteiger charge is 2.72. The molecule has 28 heavy (non-hydrogen) atoms. The molecule has 0 N–H and O–H groups in total. The summed E-state index contributed by atoms with van der Waals surface area (Å²) in [6.07, 6.45) is 6.08. The standard InChI is InChI=1S/C22H41NO3SSi/c1-16(2)10-11-19(26-28(8,9)20(3,4)5)23-18-14-17-12-13-22(18,21(17,6)7)15-27(23,24)25/h11,16-18H,10,12-15H2,1-9H3/b19-11-/t17-,18-,22-/m0/s1. The molecule has 0 unspecified atom stereocenters. The van der Waals surface area contributed by atoms with Gasteiger partial charge in [0.25, 0.3) is 8.32 Å². The number of rotatable bonds is 5. The van der Waals surface area contributed by atoms with E-state index in [1.807, 2.05) is 0 Å². The lowest BCUT2D eigenvalue weighted by Gasteiger charge is -2.41. The Morgan fingerprint density at radius 3 is 2.39 bits per heavy atom. The SMILES string of the molecule is CC(C)C/C=C(\O[Si](C)(C)C(C)(C)C)N1[C@H]2C[C@@H]3CC[C@@]2(CS1(=O)=O)C3(C)C. The Labute approximate surface area is 174 Å². The maximum atomic E-state index is 13.5. The third-order valence-corrected chi connectivity index (χ3v) is 14.8. The lowest BCUT2D eigenvalue weighted by atomic mass is 9.69. The van der Waals surface area contributed by atoms with E-state index < -0.39 is 18.3 Å². The van der Waals surface area contributed by atoms with E-state index in [-0.39, 0.29) is 27.7 Å². The molecule has 1 saturated heterocycles. The highest BCUT2D eigenvalue weighted by Crippen LogP contribution is 2.70. The first-order valence-corrected chi connectivity index (χ1v) is 15.5. The summed E-state index contributed by atoms with van der Waals surface area (Å²) in [5.41, 5.74) is -0.0379. The summed E-state index contributed by atoms with van der Waals surface area (Å²) in [5.74, 6) is 2.00. The van der Waals surface area contributed by atoms with Crippen LogP contribution in [0.15, 0.2) is 12.0 Å². The zero-order valence-corrected chi connectivity index (χ0v) is 21.2. The topological polar surface area (TPSA) is 46.6 Å². The second-order valence-corrected chi connectivity index (χ2v) is 18.5. The summed E-state index contributed by atoms with van der Waals surface area (Å²) >= 11 is 0. The number of sulfonamides is 1. The van der Waals surface area contributed by atoms with Crippen LogP contribution in [0.1, 0.15) is 74.1 Å². The fourth-order valence-electron chi connectivity index (χ4n) is 5.51. The molecule has 162 valence electrons. The molecule has 0 aromatic heterocycles. The predicted molar refractivity (Wildman–Crippen MR) is 119 cm³/mol. The van der Waals surface area contributed by atoms with Gasteiger partial charge in [-0.1, -0.05) is 48.5 Å². The second kappa shape index (κ2) is 6.50. The van der Waals surface area contributed by atoms with Gasteiger partial charge in [-0.25, -0.2) is 12.7 Å². The van der Waals surface area contributed by atoms with Gasteiger partial charge in [0, 0.05) is 5.41 Å². The Morgan fingerprint density at radius 1 is 1.29 bits per heavy atom. The smallest absolute Gasteiger partial charge is 0.252 e. The number of fused-ring (bicyclic) bond motifs is 1. The van der Waals surface area contributed by atoms with Crippen LogP contribution in [0, 0.1) is 22.7 Å². The van der Waals surface area contributed by atoms with Gasteiger partial charge < -0.3 is 4.43 Å². The third kappa shape index (κ3) is 3.17. The van der Waals surface area contributed by atoms with Crippen LogP contribution in [0.25, 0.3) is 0 Å². The Hall–Kier alpha value is -0.493. The average molecular weight is 428 g/mol. The van der Waals surface area contributed by atoms with Crippen molar-refractivity contribution in [3.63, 3.8) is 0 Å². The van der Waals surface area contributed by atoms with Gasteiger partial charge in [0.1, 0.15) is 0 Å². The molecule has 0 aromatic rings. The number of hydrogen-bond donors (Lipinski definition) is 0. The Kier molecular flexibility index (Phi) is 5.15. The maximum absolute atomic E-state index is 13.5. The monoisotopic (exact) mass is 427 g/mol. The Morgan fingerprint density at radius 2 is 1.89 bits per heavy atom. The molecule has 6 heteroatoms. The minimum Gasteiger partial charge on any atom is -0.532 e. The van der Waals surface area contributed by atoms with Gasteiger partial charge in [0.15, 0.2) is 5.88 Å². The zero-order chi connectivity index (χ0) is 21.3. The van der Waals surface area contributed by atoms with Gasteiger partial charge in [0.2, 0.25) is 10.0 Å². The van der Waals surface area contributed by atoms with Gasteiger partial charge in [-0.2, -0.15) is 0 Å². The third-order valence-electron chi connectivity index (χ3n) is 8.56. The van der Waals surface area contributed by atoms with E-state index >= 15 is 0 Å². The molecule has 1 aliphatic heterocycles. The van der Waals surface area contributed by atoms with Gasteiger partial charge >= 0.3 is 0 Å². The van der Waals surface area contributed by atoms with Crippen molar-refractivity contribution >= 4 is 18.3 Å². The van der Waals surface area contributed by atoms with Gasteiger partial charge in [-0.3, -0.25) is 0 Å². The van der Waals surface area contributed by atoms with E-state index in [1.54, 1.807) is 4.31 Å². The van der Waals surface area contributed by atoms with Crippen molar-refractivity contribution in [3.05, 3.63) is 12.0 Å². The quantitative estimate of drug-likeness (QED) is 0.415. The van der Waals surface area contributed by atoms with Crippen molar-refractivity contribution in [2.24, 2.45) is 22.7 Å². The largest absolute Gasteiger partial charge is 0.532 e. The summed E-state index contributed by atoms with van der Waals surface area (Å²) in [6.45, 7) is 20.0. The summed E-state index contributed by atoms with van der Waals surface area (Å²) < 4.78 is 35.4. The van der Waals surface area contributed by atoms with E-state index in [1.165, 1.54) is 6.42 Å². The molecule has 2 bridgehead atoms. The predicted octanol–water partition coefficient (Wildman–Crippen LogP) is 5.74. The minimum absolute atomic E-state index is 0.0268. The van der Waals surface area contributed by atoms with E-state index in [0.29, 0.717) is 17.7 Å². The molecular weight excluding hydrogens is 386 g/mol. The molecule has 3 rings (SSSR count). The van der Waals surface area contributed by atoms with Crippen LogP contribution in [0.4, 0.5) is 0 Å². The van der Waals surface area contributed by atoms with Crippen molar-refractivity contribution < 1.29 is 12.8 Å². The normalized spacial score (nSPS) is 34.2. The molecule has 1 heterocycles. The maximum Gasteiger partial charge on any atom is 0.252 e. The summed E-state index contributed by atoms with van der Waals surface area (Å²) in [4.78, 5) is 0. The molecule has 4 nitrogen and oxygen atoms in total. The second-order valence-electron chi connectivity index (χ2n) is 12.0. The highest BCUT2D eigenvalue weighted by atomic mass is 32.2. The Bertz CT molecular complexity index is 763. The van der Waals surface area contributed by atoms with Gasteiger partial charge in [-0.05, 0) is 67.1 Å². The lowest BCUT2D eigenvalue weighted by molar-refractivity contribution is 0.107. The van der Waals surface area contributed by atoms with Gasteiger partial charge in [0.05, 0.1) is 11.8 Å². The summed E-state index contributed by atoms with van der Waals surface area (Å²) in [5, 5.41) is 0.0268. The zero-order valence-electron chi connectivity index (χ0n) is 19.4. The molecule has 0 aromatic carbocycles. The molecule has 2 saturated carbocycles. The molecule has 3 fully saturated rings. The van der Waals surface area contributed by atoms with Crippen molar-refractivity contribution in [2.45, 2.75) is 98.3 Å². The molecule has 3 aliphatic rings. The average Bonchev–Trinajstić information content (AvgIpc) is 2.97. The first-order valence-electron chi connectivity index (χ1n) is 11.0. The number of allylic oxidation sites excluding steroid dienone is 1. The molecule has 1 spiro atoms. The lowest BCUT2D eigenvalue weighted by Crippen LogP contribution is -2.46. The first-order chi connectivity index (χ1) is 12.6. The molecule has 2 aliphatic carbocycles. The van der Waals surface area contributed by atoms with E-state index in [0.717, 1.165) is 19.3 Å². The highest BCUT2D eigenvalue weighted by molar-refractivity contribution is 7.89. The van der Waals surface area contributed by atoms with Crippen LogP contribution in [-0.4, -0.2) is 32.8 Å². The van der Waals surface area contributed by atoms with E-state index in [4.69, 9.17) is 4.43 Å². The van der Waals surface area contributed by atoms with Crippen LogP contribution in [-0.2, 0) is 14.4 Å². The van der Waals surface area contributed by atoms with E-state index in [2.05, 4.69) is 67.6 Å². The van der Waals surface area contributed by atoms with Crippen molar-refractivity contribution in [1.29, 1.82) is 0 Å². The first kappa shape index (κ1) is 22.2.